The summed E-state index contributed by atoms with van der Waals surface area (Å²) in [6.07, 6.45) is 2.07. The van der Waals surface area contributed by atoms with Gasteiger partial charge < -0.3 is 14.8 Å². The van der Waals surface area contributed by atoms with Gasteiger partial charge in [-0.05, 0) is 54.8 Å². The number of esters is 1. The molecule has 154 valence electrons. The molecule has 1 amide bonds. The van der Waals surface area contributed by atoms with E-state index in [0.29, 0.717) is 18.5 Å². The minimum Gasteiger partial charge on any atom is -0.449 e. The molecule has 0 fully saturated rings. The van der Waals surface area contributed by atoms with Crippen LogP contribution >= 0.6 is 0 Å². The quantitative estimate of drug-likeness (QED) is 0.508. The third-order valence-electron chi connectivity index (χ3n) is 3.81. The lowest BCUT2D eigenvalue weighted by atomic mass is 10.1. The van der Waals surface area contributed by atoms with Gasteiger partial charge in [0, 0.05) is 12.6 Å². The summed E-state index contributed by atoms with van der Waals surface area (Å²) in [6, 6.07) is 11.6. The molecule has 0 aromatic heterocycles. The molecule has 0 radical (unpaired) electrons. The van der Waals surface area contributed by atoms with Crippen LogP contribution < -0.4 is 10.1 Å². The van der Waals surface area contributed by atoms with Gasteiger partial charge in [0.2, 0.25) is 0 Å². The van der Waals surface area contributed by atoms with Gasteiger partial charge >= 0.3 is 12.6 Å². The van der Waals surface area contributed by atoms with Crippen LogP contribution in [-0.2, 0) is 20.7 Å². The SMILES string of the molecule is C[C@H](OC(=O)/C=C/c1ccc(OC(F)F)cc1)C(=O)NCCc1ccc(F)cc1. The van der Waals surface area contributed by atoms with E-state index >= 15 is 0 Å². The fourth-order valence-electron chi connectivity index (χ4n) is 2.32. The summed E-state index contributed by atoms with van der Waals surface area (Å²) in [4.78, 5) is 23.8. The average Bonchev–Trinajstić information content (AvgIpc) is 2.68. The lowest BCUT2D eigenvalue weighted by Gasteiger charge is -2.12. The molecular formula is C21H20F3NO4. The zero-order chi connectivity index (χ0) is 21.2. The Morgan fingerprint density at radius 3 is 2.34 bits per heavy atom. The third kappa shape index (κ3) is 8.08. The average molecular weight is 407 g/mol. The molecular weight excluding hydrogens is 387 g/mol. The van der Waals surface area contributed by atoms with Crippen LogP contribution in [0.4, 0.5) is 13.2 Å². The van der Waals surface area contributed by atoms with Crippen molar-refractivity contribution in [1.29, 1.82) is 0 Å². The Bertz CT molecular complexity index is 836. The van der Waals surface area contributed by atoms with Crippen LogP contribution in [0.25, 0.3) is 6.08 Å². The summed E-state index contributed by atoms with van der Waals surface area (Å²) in [5.74, 6) is -1.50. The number of carbonyl (C=O) groups is 2. The maximum Gasteiger partial charge on any atom is 0.387 e. The van der Waals surface area contributed by atoms with Crippen molar-refractivity contribution in [2.75, 3.05) is 6.54 Å². The third-order valence-corrected chi connectivity index (χ3v) is 3.81. The lowest BCUT2D eigenvalue weighted by Crippen LogP contribution is -2.36. The largest absolute Gasteiger partial charge is 0.449 e. The van der Waals surface area contributed by atoms with E-state index in [1.165, 1.54) is 49.4 Å². The van der Waals surface area contributed by atoms with Gasteiger partial charge in [0.25, 0.3) is 5.91 Å². The standard InChI is InChI=1S/C21H20F3NO4/c1-14(20(27)25-13-12-16-2-7-17(22)8-3-16)28-19(26)11-6-15-4-9-18(10-5-15)29-21(23)24/h2-11,14,21H,12-13H2,1H3,(H,25,27)/b11-6+/t14-/m0/s1. The molecule has 1 N–H and O–H groups in total. The van der Waals surface area contributed by atoms with E-state index < -0.39 is 24.6 Å². The molecule has 0 bridgehead atoms. The number of hydrogen-bond acceptors (Lipinski definition) is 4. The first-order valence-electron chi connectivity index (χ1n) is 8.79. The van der Waals surface area contributed by atoms with E-state index in [1.807, 2.05) is 0 Å². The molecule has 0 aliphatic rings. The molecule has 0 aliphatic heterocycles. The zero-order valence-corrected chi connectivity index (χ0v) is 15.6. The highest BCUT2D eigenvalue weighted by molar-refractivity contribution is 5.90. The molecule has 0 heterocycles. The topological polar surface area (TPSA) is 64.6 Å². The minimum absolute atomic E-state index is 0.00524. The first kappa shape index (κ1) is 22.0. The van der Waals surface area contributed by atoms with Gasteiger partial charge in [-0.25, -0.2) is 9.18 Å². The highest BCUT2D eigenvalue weighted by atomic mass is 19.3. The van der Waals surface area contributed by atoms with E-state index in [0.717, 1.165) is 11.6 Å². The summed E-state index contributed by atoms with van der Waals surface area (Å²) in [6.45, 7) is -1.15. The number of halogens is 3. The van der Waals surface area contributed by atoms with Crippen molar-refractivity contribution in [3.63, 3.8) is 0 Å². The number of carbonyl (C=O) groups excluding carboxylic acids is 2. The van der Waals surface area contributed by atoms with Crippen LogP contribution in [0, 0.1) is 5.82 Å². The van der Waals surface area contributed by atoms with Crippen molar-refractivity contribution >= 4 is 18.0 Å². The van der Waals surface area contributed by atoms with Crippen LogP contribution in [0.5, 0.6) is 5.75 Å². The van der Waals surface area contributed by atoms with E-state index in [4.69, 9.17) is 4.74 Å². The second kappa shape index (κ2) is 10.9. The predicted octanol–water partition coefficient (Wildman–Crippen LogP) is 3.73. The number of benzene rings is 2. The summed E-state index contributed by atoms with van der Waals surface area (Å²) < 4.78 is 46.3. The number of hydrogen-bond donors (Lipinski definition) is 1. The molecule has 1 atom stereocenters. The molecule has 0 saturated heterocycles. The molecule has 2 aromatic carbocycles. The normalized spacial score (nSPS) is 12.0. The molecule has 0 unspecified atom stereocenters. The van der Waals surface area contributed by atoms with Crippen molar-refractivity contribution in [3.8, 4) is 5.75 Å². The molecule has 5 nitrogen and oxygen atoms in total. The van der Waals surface area contributed by atoms with Gasteiger partial charge in [-0.1, -0.05) is 24.3 Å². The Labute approximate surface area is 166 Å². The van der Waals surface area contributed by atoms with Gasteiger partial charge in [0.15, 0.2) is 6.10 Å². The van der Waals surface area contributed by atoms with Crippen LogP contribution in [0.3, 0.4) is 0 Å². The Balaban J connectivity index is 1.74. The smallest absolute Gasteiger partial charge is 0.387 e. The van der Waals surface area contributed by atoms with E-state index in [2.05, 4.69) is 10.1 Å². The summed E-state index contributed by atoms with van der Waals surface area (Å²) in [7, 11) is 0. The van der Waals surface area contributed by atoms with Crippen molar-refractivity contribution in [3.05, 3.63) is 71.6 Å². The lowest BCUT2D eigenvalue weighted by molar-refractivity contribution is -0.150. The van der Waals surface area contributed by atoms with Crippen LogP contribution in [0.15, 0.2) is 54.6 Å². The van der Waals surface area contributed by atoms with Crippen molar-refractivity contribution < 1.29 is 32.2 Å². The first-order valence-corrected chi connectivity index (χ1v) is 8.79. The Morgan fingerprint density at radius 2 is 1.72 bits per heavy atom. The minimum atomic E-state index is -2.91. The maximum atomic E-state index is 12.8. The summed E-state index contributed by atoms with van der Waals surface area (Å²) >= 11 is 0. The molecule has 8 heteroatoms. The van der Waals surface area contributed by atoms with Crippen LogP contribution in [-0.4, -0.2) is 31.1 Å². The highest BCUT2D eigenvalue weighted by Crippen LogP contribution is 2.15. The molecule has 0 saturated carbocycles. The molecule has 2 aromatic rings. The van der Waals surface area contributed by atoms with E-state index in [9.17, 15) is 22.8 Å². The zero-order valence-electron chi connectivity index (χ0n) is 15.6. The van der Waals surface area contributed by atoms with Gasteiger partial charge in [-0.15, -0.1) is 0 Å². The monoisotopic (exact) mass is 407 g/mol. The summed E-state index contributed by atoms with van der Waals surface area (Å²) in [5, 5.41) is 2.64. The van der Waals surface area contributed by atoms with Crippen molar-refractivity contribution in [2.45, 2.75) is 26.1 Å². The predicted molar refractivity (Wildman–Crippen MR) is 101 cm³/mol. The second-order valence-electron chi connectivity index (χ2n) is 6.03. The number of nitrogens with one attached hydrogen (secondary N) is 1. The number of amides is 1. The van der Waals surface area contributed by atoms with Crippen LogP contribution in [0.2, 0.25) is 0 Å². The Morgan fingerprint density at radius 1 is 1.07 bits per heavy atom. The summed E-state index contributed by atoms with van der Waals surface area (Å²) in [5.41, 5.74) is 1.43. The second-order valence-corrected chi connectivity index (χ2v) is 6.03. The van der Waals surface area contributed by atoms with E-state index in [-0.39, 0.29) is 11.6 Å². The van der Waals surface area contributed by atoms with Crippen molar-refractivity contribution in [1.82, 2.24) is 5.32 Å². The van der Waals surface area contributed by atoms with Crippen molar-refractivity contribution in [2.24, 2.45) is 0 Å². The van der Waals surface area contributed by atoms with E-state index in [1.54, 1.807) is 12.1 Å². The van der Waals surface area contributed by atoms with Gasteiger partial charge in [-0.2, -0.15) is 8.78 Å². The fraction of sp³-hybridized carbons (Fsp3) is 0.238. The molecule has 2 rings (SSSR count). The van der Waals surface area contributed by atoms with Gasteiger partial charge in [-0.3, -0.25) is 4.79 Å². The molecule has 0 aliphatic carbocycles. The van der Waals surface area contributed by atoms with Gasteiger partial charge in [0.1, 0.15) is 11.6 Å². The molecule has 29 heavy (non-hydrogen) atoms. The maximum absolute atomic E-state index is 12.8. The first-order chi connectivity index (χ1) is 13.8. The number of ether oxygens (including phenoxy) is 2. The van der Waals surface area contributed by atoms with Gasteiger partial charge in [0.05, 0.1) is 0 Å². The fourth-order valence-corrected chi connectivity index (χ4v) is 2.32. The highest BCUT2D eigenvalue weighted by Gasteiger charge is 2.15. The Hall–Kier alpha value is -3.29. The Kier molecular flexibility index (Phi) is 8.27. The number of alkyl halides is 2. The molecule has 0 spiro atoms. The van der Waals surface area contributed by atoms with Crippen LogP contribution in [0.1, 0.15) is 18.1 Å². The number of rotatable bonds is 9.